The van der Waals surface area contributed by atoms with Gasteiger partial charge < -0.3 is 16.4 Å². The first-order valence-electron chi connectivity index (χ1n) is 5.21. The van der Waals surface area contributed by atoms with Crippen molar-refractivity contribution in [1.29, 1.82) is 0 Å². The van der Waals surface area contributed by atoms with Gasteiger partial charge >= 0.3 is 11.8 Å². The first-order chi connectivity index (χ1) is 7.33. The van der Waals surface area contributed by atoms with Crippen molar-refractivity contribution >= 4 is 29.0 Å². The van der Waals surface area contributed by atoms with E-state index >= 15 is 0 Å². The van der Waals surface area contributed by atoms with Crippen molar-refractivity contribution in [3.8, 4) is 0 Å². The molecule has 0 heterocycles. The van der Waals surface area contributed by atoms with E-state index in [4.69, 9.17) is 5.73 Å². The Morgan fingerprint density at radius 3 is 2.38 bits per heavy atom. The Labute approximate surface area is 100 Å². The van der Waals surface area contributed by atoms with Crippen LogP contribution in [0.1, 0.15) is 26.7 Å². The van der Waals surface area contributed by atoms with Crippen LogP contribution in [0.5, 0.6) is 0 Å². The highest BCUT2D eigenvalue weighted by atomic mass is 32.1. The minimum absolute atomic E-state index is 0.0471. The van der Waals surface area contributed by atoms with Crippen molar-refractivity contribution in [2.75, 3.05) is 6.54 Å². The number of hydrogen-bond acceptors (Lipinski definition) is 3. The Kier molecular flexibility index (Phi) is 3.85. The van der Waals surface area contributed by atoms with Gasteiger partial charge in [0.05, 0.1) is 11.5 Å². The van der Waals surface area contributed by atoms with Gasteiger partial charge in [-0.15, -0.1) is 0 Å². The second-order valence-electron chi connectivity index (χ2n) is 4.60. The monoisotopic (exact) mass is 243 g/mol. The number of hydrogen-bond donors (Lipinski definition) is 3. The topological polar surface area (TPSA) is 84.2 Å². The molecule has 16 heavy (non-hydrogen) atoms. The van der Waals surface area contributed by atoms with Crippen molar-refractivity contribution in [2.45, 2.75) is 32.2 Å². The number of rotatable bonds is 4. The summed E-state index contributed by atoms with van der Waals surface area (Å²) in [5.41, 5.74) is 4.89. The summed E-state index contributed by atoms with van der Waals surface area (Å²) in [6, 6.07) is 0. The predicted octanol–water partition coefficient (Wildman–Crippen LogP) is -0.306. The lowest BCUT2D eigenvalue weighted by molar-refractivity contribution is -0.140. The van der Waals surface area contributed by atoms with Gasteiger partial charge in [0.2, 0.25) is 0 Å². The first kappa shape index (κ1) is 12.9. The zero-order chi connectivity index (χ0) is 12.3. The van der Waals surface area contributed by atoms with Crippen molar-refractivity contribution in [3.63, 3.8) is 0 Å². The van der Waals surface area contributed by atoms with Crippen LogP contribution in [0.4, 0.5) is 0 Å². The van der Waals surface area contributed by atoms with Crippen molar-refractivity contribution in [1.82, 2.24) is 10.6 Å². The molecule has 0 unspecified atom stereocenters. The van der Waals surface area contributed by atoms with E-state index < -0.39 is 11.8 Å². The molecule has 90 valence electrons. The van der Waals surface area contributed by atoms with Crippen LogP contribution in [-0.2, 0) is 9.59 Å². The molecule has 0 bridgehead atoms. The van der Waals surface area contributed by atoms with E-state index in [1.54, 1.807) is 0 Å². The molecule has 0 aliphatic heterocycles. The lowest BCUT2D eigenvalue weighted by atomic mass is 9.99. The molecular weight excluding hydrogens is 226 g/mol. The fourth-order valence-electron chi connectivity index (χ4n) is 1.50. The number of nitrogens with two attached hydrogens (primary N) is 1. The Morgan fingerprint density at radius 2 is 1.94 bits per heavy atom. The second kappa shape index (κ2) is 4.78. The molecule has 4 N–H and O–H groups in total. The van der Waals surface area contributed by atoms with Gasteiger partial charge in [0.25, 0.3) is 0 Å². The Morgan fingerprint density at radius 1 is 1.38 bits per heavy atom. The van der Waals surface area contributed by atoms with E-state index in [1.807, 2.05) is 13.8 Å². The molecule has 1 aliphatic rings. The number of carbonyl (C=O) groups is 2. The zero-order valence-electron chi connectivity index (χ0n) is 9.50. The summed E-state index contributed by atoms with van der Waals surface area (Å²) in [6.45, 7) is 3.89. The standard InChI is InChI=1S/C10H17N3O2S/c1-10(2,6-3-4-6)13-9(15)8(14)12-5-7(11)16/h6H,3-5H2,1-2H3,(H2,11,16)(H,12,14)(H,13,15). The van der Waals surface area contributed by atoms with Gasteiger partial charge in [-0.25, -0.2) is 0 Å². The fraction of sp³-hybridized carbons (Fsp3) is 0.700. The van der Waals surface area contributed by atoms with Gasteiger partial charge in [-0.05, 0) is 32.6 Å². The van der Waals surface area contributed by atoms with Crippen LogP contribution in [0.3, 0.4) is 0 Å². The van der Waals surface area contributed by atoms with Crippen LogP contribution in [0, 0.1) is 5.92 Å². The van der Waals surface area contributed by atoms with E-state index in [-0.39, 0.29) is 17.1 Å². The summed E-state index contributed by atoms with van der Waals surface area (Å²) in [6.07, 6.45) is 2.20. The van der Waals surface area contributed by atoms with Crippen LogP contribution in [0.25, 0.3) is 0 Å². The zero-order valence-corrected chi connectivity index (χ0v) is 10.3. The number of nitrogens with one attached hydrogen (secondary N) is 2. The molecule has 0 radical (unpaired) electrons. The summed E-state index contributed by atoms with van der Waals surface area (Å²) in [4.78, 5) is 23.0. The van der Waals surface area contributed by atoms with Crippen molar-refractivity contribution in [3.05, 3.63) is 0 Å². The average Bonchev–Trinajstić information content (AvgIpc) is 2.96. The van der Waals surface area contributed by atoms with Crippen LogP contribution >= 0.6 is 12.2 Å². The SMILES string of the molecule is CC(C)(NC(=O)C(=O)NCC(N)=S)C1CC1. The largest absolute Gasteiger partial charge is 0.392 e. The maximum atomic E-state index is 11.5. The van der Waals surface area contributed by atoms with Gasteiger partial charge in [0, 0.05) is 5.54 Å². The molecule has 1 aliphatic carbocycles. The van der Waals surface area contributed by atoms with Gasteiger partial charge in [-0.1, -0.05) is 12.2 Å². The lowest BCUT2D eigenvalue weighted by Crippen LogP contribution is -2.51. The molecule has 0 spiro atoms. The lowest BCUT2D eigenvalue weighted by Gasteiger charge is -2.25. The molecule has 0 aromatic heterocycles. The third kappa shape index (κ3) is 3.77. The molecular formula is C10H17N3O2S. The van der Waals surface area contributed by atoms with Crippen molar-refractivity contribution < 1.29 is 9.59 Å². The molecule has 6 heteroatoms. The summed E-state index contributed by atoms with van der Waals surface area (Å²) >= 11 is 4.59. The van der Waals surface area contributed by atoms with Gasteiger partial charge in [-0.2, -0.15) is 0 Å². The summed E-state index contributed by atoms with van der Waals surface area (Å²) < 4.78 is 0. The van der Waals surface area contributed by atoms with E-state index in [0.717, 1.165) is 12.8 Å². The number of amides is 2. The Hall–Kier alpha value is -1.17. The third-order valence-corrected chi connectivity index (χ3v) is 2.81. The average molecular weight is 243 g/mol. The van der Waals surface area contributed by atoms with Gasteiger partial charge in [0.15, 0.2) is 0 Å². The Bertz CT molecular complexity index is 324. The molecule has 1 saturated carbocycles. The molecule has 5 nitrogen and oxygen atoms in total. The predicted molar refractivity (Wildman–Crippen MR) is 64.7 cm³/mol. The molecule has 0 saturated heterocycles. The summed E-state index contributed by atoms with van der Waals surface area (Å²) in [5.74, 6) is -0.852. The maximum Gasteiger partial charge on any atom is 0.309 e. The van der Waals surface area contributed by atoms with E-state index in [9.17, 15) is 9.59 Å². The van der Waals surface area contributed by atoms with Crippen LogP contribution in [0.2, 0.25) is 0 Å². The van der Waals surface area contributed by atoms with E-state index in [1.165, 1.54) is 0 Å². The third-order valence-electron chi connectivity index (χ3n) is 2.66. The Balaban J connectivity index is 2.39. The number of carbonyl (C=O) groups excluding carboxylic acids is 2. The minimum atomic E-state index is -0.693. The normalized spacial score (nSPS) is 15.4. The van der Waals surface area contributed by atoms with Gasteiger partial charge in [0.1, 0.15) is 0 Å². The van der Waals surface area contributed by atoms with E-state index in [2.05, 4.69) is 22.9 Å². The summed E-state index contributed by atoms with van der Waals surface area (Å²) in [7, 11) is 0. The van der Waals surface area contributed by atoms with Gasteiger partial charge in [-0.3, -0.25) is 9.59 Å². The van der Waals surface area contributed by atoms with E-state index in [0.29, 0.717) is 5.92 Å². The van der Waals surface area contributed by atoms with Crippen molar-refractivity contribution in [2.24, 2.45) is 11.7 Å². The quantitative estimate of drug-likeness (QED) is 0.467. The van der Waals surface area contributed by atoms with Crippen LogP contribution in [0.15, 0.2) is 0 Å². The first-order valence-corrected chi connectivity index (χ1v) is 5.62. The maximum absolute atomic E-state index is 11.5. The minimum Gasteiger partial charge on any atom is -0.392 e. The molecule has 0 aromatic rings. The fourth-order valence-corrected chi connectivity index (χ4v) is 1.58. The molecule has 1 fully saturated rings. The van der Waals surface area contributed by atoms with Crippen LogP contribution in [-0.4, -0.2) is 28.9 Å². The molecule has 0 atom stereocenters. The second-order valence-corrected chi connectivity index (χ2v) is 5.12. The number of thiocarbonyl (C=S) groups is 1. The highest BCUT2D eigenvalue weighted by molar-refractivity contribution is 7.80. The highest BCUT2D eigenvalue weighted by Gasteiger charge is 2.39. The highest BCUT2D eigenvalue weighted by Crippen LogP contribution is 2.39. The molecule has 0 aromatic carbocycles. The molecule has 2 amide bonds. The smallest absolute Gasteiger partial charge is 0.309 e. The summed E-state index contributed by atoms with van der Waals surface area (Å²) in [5, 5.41) is 5.05. The molecule has 1 rings (SSSR count). The van der Waals surface area contributed by atoms with Crippen LogP contribution < -0.4 is 16.4 Å².